The highest BCUT2D eigenvalue weighted by molar-refractivity contribution is 5.98. The molecule has 0 aromatic heterocycles. The van der Waals surface area contributed by atoms with Crippen LogP contribution in [0.5, 0.6) is 0 Å². The van der Waals surface area contributed by atoms with E-state index in [2.05, 4.69) is 5.32 Å². The maximum Gasteiger partial charge on any atom is 0.326 e. The van der Waals surface area contributed by atoms with Gasteiger partial charge < -0.3 is 9.47 Å². The Morgan fingerprint density at radius 2 is 2.46 bits per heavy atom. The van der Waals surface area contributed by atoms with Gasteiger partial charge in [-0.1, -0.05) is 0 Å². The van der Waals surface area contributed by atoms with Crippen molar-refractivity contribution in [1.82, 2.24) is 5.32 Å². The average Bonchev–Trinajstić information content (AvgIpc) is 2.51. The molecule has 0 aromatic rings. The number of rotatable bonds is 3. The van der Waals surface area contributed by atoms with Crippen molar-refractivity contribution >= 4 is 11.8 Å². The van der Waals surface area contributed by atoms with Crippen molar-refractivity contribution in [2.75, 3.05) is 13.7 Å². The zero-order valence-corrected chi connectivity index (χ0v) is 7.57. The topological polar surface area (TPSA) is 64.6 Å². The third-order valence-electron chi connectivity index (χ3n) is 1.72. The molecule has 1 rings (SSSR count). The molecule has 5 heteroatoms. The van der Waals surface area contributed by atoms with E-state index in [1.165, 1.54) is 13.5 Å². The number of methoxy groups -OCH3 is 1. The maximum atomic E-state index is 11.2. The van der Waals surface area contributed by atoms with Gasteiger partial charge in [-0.3, -0.25) is 14.9 Å². The summed E-state index contributed by atoms with van der Waals surface area (Å²) < 4.78 is 9.56. The van der Waals surface area contributed by atoms with Gasteiger partial charge in [0.1, 0.15) is 6.04 Å². The van der Waals surface area contributed by atoms with Crippen LogP contribution in [0.3, 0.4) is 0 Å². The molecular weight excluding hydrogens is 174 g/mol. The standard InChI is InChI=1S/C8H12NO4/c1-5(12-2)13-8(11)7-3-6(10)4-9-7/h3,5,7,9H,4H2,1-2H3. The second-order valence-corrected chi connectivity index (χ2v) is 2.73. The van der Waals surface area contributed by atoms with Crippen LogP contribution >= 0.6 is 0 Å². The molecule has 1 saturated heterocycles. The lowest BCUT2D eigenvalue weighted by molar-refractivity contribution is -0.171. The van der Waals surface area contributed by atoms with E-state index in [0.717, 1.165) is 0 Å². The number of carbonyl (C=O) groups excluding carboxylic acids is 2. The number of ketones is 1. The number of carbonyl (C=O) groups is 2. The second kappa shape index (κ2) is 4.34. The lowest BCUT2D eigenvalue weighted by atomic mass is 10.2. The molecule has 1 fully saturated rings. The van der Waals surface area contributed by atoms with Crippen LogP contribution in [0.4, 0.5) is 0 Å². The lowest BCUT2D eigenvalue weighted by Gasteiger charge is -2.13. The molecule has 1 radical (unpaired) electrons. The molecule has 1 heterocycles. The van der Waals surface area contributed by atoms with Gasteiger partial charge in [0.15, 0.2) is 12.1 Å². The minimum Gasteiger partial charge on any atom is -0.435 e. The zero-order valence-electron chi connectivity index (χ0n) is 7.57. The molecule has 0 aliphatic carbocycles. The molecule has 5 nitrogen and oxygen atoms in total. The normalized spacial score (nSPS) is 24.5. The highest BCUT2D eigenvalue weighted by Crippen LogP contribution is 2.04. The van der Waals surface area contributed by atoms with E-state index in [1.807, 2.05) is 0 Å². The fraction of sp³-hybridized carbons (Fsp3) is 0.625. The predicted molar refractivity (Wildman–Crippen MR) is 43.7 cm³/mol. The van der Waals surface area contributed by atoms with Gasteiger partial charge in [-0.2, -0.15) is 0 Å². The van der Waals surface area contributed by atoms with E-state index in [-0.39, 0.29) is 12.3 Å². The predicted octanol–water partition coefficient (Wildman–Crippen LogP) is -0.733. The van der Waals surface area contributed by atoms with Gasteiger partial charge in [-0.15, -0.1) is 0 Å². The lowest BCUT2D eigenvalue weighted by Crippen LogP contribution is -2.35. The van der Waals surface area contributed by atoms with Crippen molar-refractivity contribution in [3.05, 3.63) is 6.42 Å². The SMILES string of the molecule is COC(C)OC(=O)C1[CH]C(=O)CN1. The molecular formula is C8H12NO4. The summed E-state index contributed by atoms with van der Waals surface area (Å²) >= 11 is 0. The van der Waals surface area contributed by atoms with Crippen molar-refractivity contribution in [3.8, 4) is 0 Å². The van der Waals surface area contributed by atoms with Crippen molar-refractivity contribution in [1.29, 1.82) is 0 Å². The molecule has 2 unspecified atom stereocenters. The molecule has 0 spiro atoms. The maximum absolute atomic E-state index is 11.2. The Morgan fingerprint density at radius 1 is 1.77 bits per heavy atom. The van der Waals surface area contributed by atoms with Crippen molar-refractivity contribution in [3.63, 3.8) is 0 Å². The Kier molecular flexibility index (Phi) is 3.39. The molecule has 0 amide bonds. The summed E-state index contributed by atoms with van der Waals surface area (Å²) in [6.45, 7) is 1.80. The summed E-state index contributed by atoms with van der Waals surface area (Å²) in [5.74, 6) is -0.577. The molecule has 0 aromatic carbocycles. The molecule has 1 N–H and O–H groups in total. The number of nitrogens with one attached hydrogen (secondary N) is 1. The van der Waals surface area contributed by atoms with Gasteiger partial charge >= 0.3 is 5.97 Å². The van der Waals surface area contributed by atoms with E-state index in [1.54, 1.807) is 6.92 Å². The summed E-state index contributed by atoms with van der Waals surface area (Å²) in [7, 11) is 1.44. The van der Waals surface area contributed by atoms with Crippen LogP contribution < -0.4 is 5.32 Å². The van der Waals surface area contributed by atoms with Crippen LogP contribution in [0.1, 0.15) is 6.92 Å². The first kappa shape index (κ1) is 10.1. The average molecular weight is 186 g/mol. The van der Waals surface area contributed by atoms with E-state index in [9.17, 15) is 9.59 Å². The summed E-state index contributed by atoms with van der Waals surface area (Å²) in [4.78, 5) is 22.0. The van der Waals surface area contributed by atoms with Crippen molar-refractivity contribution < 1.29 is 19.1 Å². The number of esters is 1. The summed E-state index contributed by atoms with van der Waals surface area (Å²) in [5.41, 5.74) is 0. The van der Waals surface area contributed by atoms with Crippen LogP contribution in [-0.2, 0) is 19.1 Å². The van der Waals surface area contributed by atoms with Crippen LogP contribution in [0.15, 0.2) is 0 Å². The first-order valence-corrected chi connectivity index (χ1v) is 3.98. The minimum absolute atomic E-state index is 0.0907. The van der Waals surface area contributed by atoms with Crippen molar-refractivity contribution in [2.45, 2.75) is 19.3 Å². The van der Waals surface area contributed by atoms with Crippen molar-refractivity contribution in [2.24, 2.45) is 0 Å². The number of ether oxygens (including phenoxy) is 2. The third kappa shape index (κ3) is 2.78. The Bertz CT molecular complexity index is 216. The minimum atomic E-state index is -0.620. The zero-order chi connectivity index (χ0) is 9.84. The molecule has 13 heavy (non-hydrogen) atoms. The molecule has 73 valence electrons. The van der Waals surface area contributed by atoms with Gasteiger partial charge in [-0.25, -0.2) is 0 Å². The monoisotopic (exact) mass is 186 g/mol. The Hall–Kier alpha value is -0.940. The Morgan fingerprint density at radius 3 is 2.92 bits per heavy atom. The molecule has 0 saturated carbocycles. The molecule has 1 aliphatic heterocycles. The largest absolute Gasteiger partial charge is 0.435 e. The van der Waals surface area contributed by atoms with E-state index in [4.69, 9.17) is 9.47 Å². The van der Waals surface area contributed by atoms with Crippen LogP contribution in [0.2, 0.25) is 0 Å². The Balaban J connectivity index is 2.35. The Labute approximate surface area is 76.4 Å². The first-order valence-electron chi connectivity index (χ1n) is 3.98. The first-order chi connectivity index (χ1) is 6.13. The highest BCUT2D eigenvalue weighted by atomic mass is 16.7. The van der Waals surface area contributed by atoms with Gasteiger partial charge in [0, 0.05) is 7.11 Å². The quantitative estimate of drug-likeness (QED) is 0.465. The second-order valence-electron chi connectivity index (χ2n) is 2.73. The van der Waals surface area contributed by atoms with E-state index in [0.29, 0.717) is 0 Å². The highest BCUT2D eigenvalue weighted by Gasteiger charge is 2.30. The number of Topliss-reactive ketones (excluding diaryl/α,β-unsaturated/α-hetero) is 1. The van der Waals surface area contributed by atoms with Gasteiger partial charge in [0.2, 0.25) is 0 Å². The van der Waals surface area contributed by atoms with Gasteiger partial charge in [-0.05, 0) is 6.92 Å². The number of hydrogen-bond donors (Lipinski definition) is 1. The fourth-order valence-electron chi connectivity index (χ4n) is 0.951. The summed E-state index contributed by atoms with van der Waals surface area (Å²) in [5, 5.41) is 2.70. The number of hydrogen-bond acceptors (Lipinski definition) is 5. The van der Waals surface area contributed by atoms with E-state index >= 15 is 0 Å². The van der Waals surface area contributed by atoms with Crippen LogP contribution in [-0.4, -0.2) is 37.7 Å². The smallest absolute Gasteiger partial charge is 0.326 e. The van der Waals surface area contributed by atoms with Gasteiger partial charge in [0.25, 0.3) is 0 Å². The fourth-order valence-corrected chi connectivity index (χ4v) is 0.951. The van der Waals surface area contributed by atoms with E-state index < -0.39 is 18.3 Å². The third-order valence-corrected chi connectivity index (χ3v) is 1.72. The molecule has 0 bridgehead atoms. The summed E-state index contributed by atoms with van der Waals surface area (Å²) in [6.07, 6.45) is 0.725. The van der Waals surface area contributed by atoms with Gasteiger partial charge in [0.05, 0.1) is 13.0 Å². The molecule has 1 aliphatic rings. The van der Waals surface area contributed by atoms with Crippen LogP contribution in [0, 0.1) is 6.42 Å². The molecule has 2 atom stereocenters. The summed E-state index contributed by atoms with van der Waals surface area (Å²) in [6, 6.07) is -0.620. The van der Waals surface area contributed by atoms with Crippen LogP contribution in [0.25, 0.3) is 0 Å².